The van der Waals surface area contributed by atoms with Crippen molar-refractivity contribution in [1.29, 1.82) is 0 Å². The average molecular weight is 521 g/mol. The van der Waals surface area contributed by atoms with Crippen LogP contribution >= 0.6 is 0 Å². The van der Waals surface area contributed by atoms with Crippen molar-refractivity contribution in [3.05, 3.63) is 81.4 Å². The summed E-state index contributed by atoms with van der Waals surface area (Å²) in [6.07, 6.45) is 6.57. The molecule has 0 fully saturated rings. The Kier molecular flexibility index (Phi) is 9.31. The fourth-order valence-corrected chi connectivity index (χ4v) is 3.62. The Morgan fingerprint density at radius 1 is 0.711 bits per heavy atom. The predicted octanol–water partition coefficient (Wildman–Crippen LogP) is 5.46. The number of hydrogen-bond acceptors (Lipinski definition) is 8. The first kappa shape index (κ1) is 27.6. The molecule has 38 heavy (non-hydrogen) atoms. The van der Waals surface area contributed by atoms with Gasteiger partial charge in [-0.3, -0.25) is 14.9 Å². The van der Waals surface area contributed by atoms with Crippen molar-refractivity contribution >= 4 is 35.5 Å². The van der Waals surface area contributed by atoms with Crippen LogP contribution in [0.15, 0.2) is 54.6 Å². The van der Waals surface area contributed by atoms with Crippen molar-refractivity contribution in [2.24, 2.45) is 0 Å². The highest BCUT2D eigenvalue weighted by Crippen LogP contribution is 2.40. The summed E-state index contributed by atoms with van der Waals surface area (Å²) < 4.78 is 27.1. The minimum atomic E-state index is -0.483. The van der Waals surface area contributed by atoms with E-state index in [0.29, 0.717) is 40.0 Å². The first-order valence-corrected chi connectivity index (χ1v) is 11.3. The highest BCUT2D eigenvalue weighted by Gasteiger charge is 2.15. The number of carbonyl (C=O) groups is 1. The normalized spacial score (nSPS) is 10.9. The van der Waals surface area contributed by atoms with Crippen molar-refractivity contribution in [2.45, 2.75) is 0 Å². The van der Waals surface area contributed by atoms with Crippen molar-refractivity contribution < 1.29 is 33.4 Å². The number of nitro groups is 1. The largest absolute Gasteiger partial charge is 0.493 e. The van der Waals surface area contributed by atoms with E-state index in [9.17, 15) is 14.9 Å². The number of ether oxygens (including phenoxy) is 5. The van der Waals surface area contributed by atoms with Gasteiger partial charge in [0, 0.05) is 18.2 Å². The van der Waals surface area contributed by atoms with E-state index in [-0.39, 0.29) is 5.69 Å². The van der Waals surface area contributed by atoms with Crippen LogP contribution in [0.1, 0.15) is 16.7 Å². The summed E-state index contributed by atoms with van der Waals surface area (Å²) >= 11 is 0. The smallest absolute Gasteiger partial charge is 0.269 e. The average Bonchev–Trinajstić information content (AvgIpc) is 2.94. The van der Waals surface area contributed by atoms with E-state index >= 15 is 0 Å². The lowest BCUT2D eigenvalue weighted by Crippen LogP contribution is -2.09. The lowest BCUT2D eigenvalue weighted by Gasteiger charge is -2.14. The molecule has 0 heterocycles. The zero-order valence-electron chi connectivity index (χ0n) is 21.6. The maximum atomic E-state index is 12.7. The second-order valence-corrected chi connectivity index (χ2v) is 7.77. The van der Waals surface area contributed by atoms with Crippen molar-refractivity contribution in [1.82, 2.24) is 0 Å². The molecule has 3 aromatic carbocycles. The number of anilines is 1. The second-order valence-electron chi connectivity index (χ2n) is 7.77. The Bertz CT molecular complexity index is 1340. The highest BCUT2D eigenvalue weighted by atomic mass is 16.6. The summed E-state index contributed by atoms with van der Waals surface area (Å²) in [6.45, 7) is 0. The number of amides is 1. The number of methoxy groups -OCH3 is 5. The van der Waals surface area contributed by atoms with E-state index in [1.54, 1.807) is 44.6 Å². The molecule has 10 nitrogen and oxygen atoms in total. The topological polar surface area (TPSA) is 118 Å². The maximum Gasteiger partial charge on any atom is 0.269 e. The minimum Gasteiger partial charge on any atom is -0.493 e. The molecule has 0 bridgehead atoms. The van der Waals surface area contributed by atoms with Gasteiger partial charge < -0.3 is 29.0 Å². The van der Waals surface area contributed by atoms with Crippen LogP contribution in [0.2, 0.25) is 0 Å². The standard InChI is InChI=1S/C28H28N2O8/c1-34-23-15-19(6-7-20-16-24(35-2)28(38-5)25(17-20)36-3)14-22(27(23)37-4)29-26(31)13-10-18-8-11-21(12-9-18)30(32)33/h6-17H,1-5H3,(H,29,31)/b7-6+,13-10+. The van der Waals surface area contributed by atoms with E-state index in [4.69, 9.17) is 23.7 Å². The predicted molar refractivity (Wildman–Crippen MR) is 145 cm³/mol. The van der Waals surface area contributed by atoms with Gasteiger partial charge in [0.15, 0.2) is 23.0 Å². The minimum absolute atomic E-state index is 0.0279. The Morgan fingerprint density at radius 2 is 1.21 bits per heavy atom. The van der Waals surface area contributed by atoms with Crippen LogP contribution in [-0.4, -0.2) is 46.4 Å². The molecule has 0 spiro atoms. The molecule has 3 rings (SSSR count). The van der Waals surface area contributed by atoms with E-state index in [1.807, 2.05) is 24.3 Å². The molecule has 1 amide bonds. The van der Waals surface area contributed by atoms with Crippen LogP contribution in [0, 0.1) is 10.1 Å². The molecule has 0 aliphatic carbocycles. The molecule has 0 saturated carbocycles. The third-order valence-corrected chi connectivity index (χ3v) is 5.45. The number of nitrogens with zero attached hydrogens (tertiary/aromatic N) is 1. The molecule has 10 heteroatoms. The molecule has 0 atom stereocenters. The molecule has 0 aliphatic rings. The van der Waals surface area contributed by atoms with E-state index < -0.39 is 10.8 Å². The van der Waals surface area contributed by atoms with E-state index in [0.717, 1.165) is 11.1 Å². The first-order valence-electron chi connectivity index (χ1n) is 11.3. The molecule has 0 saturated heterocycles. The first-order chi connectivity index (χ1) is 18.3. The molecule has 0 unspecified atom stereocenters. The van der Waals surface area contributed by atoms with Crippen LogP contribution in [-0.2, 0) is 4.79 Å². The molecule has 3 aromatic rings. The van der Waals surface area contributed by atoms with E-state index in [2.05, 4.69) is 5.32 Å². The van der Waals surface area contributed by atoms with Crippen molar-refractivity contribution in [2.75, 3.05) is 40.9 Å². The molecule has 0 radical (unpaired) electrons. The van der Waals surface area contributed by atoms with E-state index in [1.165, 1.54) is 39.5 Å². The van der Waals surface area contributed by atoms with Gasteiger partial charge in [-0.25, -0.2) is 0 Å². The number of rotatable bonds is 11. The van der Waals surface area contributed by atoms with Gasteiger partial charge in [-0.1, -0.05) is 12.2 Å². The fourth-order valence-electron chi connectivity index (χ4n) is 3.62. The maximum absolute atomic E-state index is 12.7. The summed E-state index contributed by atoms with van der Waals surface area (Å²) in [5, 5.41) is 13.6. The summed E-state index contributed by atoms with van der Waals surface area (Å²) in [5.41, 5.74) is 2.53. The number of carbonyl (C=O) groups excluding carboxylic acids is 1. The van der Waals surface area contributed by atoms with Crippen LogP contribution < -0.4 is 29.0 Å². The molecule has 0 aliphatic heterocycles. The summed E-state index contributed by atoms with van der Waals surface area (Å²) in [4.78, 5) is 23.0. The molecule has 1 N–H and O–H groups in total. The Balaban J connectivity index is 1.88. The summed E-state index contributed by atoms with van der Waals surface area (Å²) in [5.74, 6) is 1.89. The van der Waals surface area contributed by atoms with Gasteiger partial charge in [-0.15, -0.1) is 0 Å². The summed E-state index contributed by atoms with van der Waals surface area (Å²) in [7, 11) is 7.61. The Hall–Kier alpha value is -4.99. The zero-order valence-corrected chi connectivity index (χ0v) is 21.6. The number of nitrogens with one attached hydrogen (secondary N) is 1. The fraction of sp³-hybridized carbons (Fsp3) is 0.179. The van der Waals surface area contributed by atoms with Gasteiger partial charge in [0.1, 0.15) is 0 Å². The lowest BCUT2D eigenvalue weighted by molar-refractivity contribution is -0.384. The van der Waals surface area contributed by atoms with Crippen LogP contribution in [0.4, 0.5) is 11.4 Å². The van der Waals surface area contributed by atoms with Crippen LogP contribution in [0.25, 0.3) is 18.2 Å². The van der Waals surface area contributed by atoms with Crippen LogP contribution in [0.3, 0.4) is 0 Å². The summed E-state index contributed by atoms with van der Waals surface area (Å²) in [6, 6.07) is 13.0. The van der Waals surface area contributed by atoms with Crippen molar-refractivity contribution in [3.8, 4) is 28.7 Å². The lowest BCUT2D eigenvalue weighted by atomic mass is 10.1. The van der Waals surface area contributed by atoms with Gasteiger partial charge in [-0.2, -0.15) is 0 Å². The van der Waals surface area contributed by atoms with Crippen molar-refractivity contribution in [3.63, 3.8) is 0 Å². The van der Waals surface area contributed by atoms with Gasteiger partial charge in [0.25, 0.3) is 5.69 Å². The zero-order chi connectivity index (χ0) is 27.7. The highest BCUT2D eigenvalue weighted by molar-refractivity contribution is 6.03. The molecular formula is C28H28N2O8. The third-order valence-electron chi connectivity index (χ3n) is 5.45. The Labute approximate surface area is 220 Å². The molecule has 198 valence electrons. The Morgan fingerprint density at radius 3 is 1.68 bits per heavy atom. The number of nitro benzene ring substituents is 1. The molecular weight excluding hydrogens is 492 g/mol. The number of hydrogen-bond donors (Lipinski definition) is 1. The third kappa shape index (κ3) is 6.61. The SMILES string of the molecule is COc1cc(/C=C/c2cc(OC)c(OC)c(OC)c2)cc(NC(=O)/C=C/c2ccc([N+](=O)[O-])cc2)c1OC. The van der Waals surface area contributed by atoms with Crippen LogP contribution in [0.5, 0.6) is 28.7 Å². The monoisotopic (exact) mass is 520 g/mol. The van der Waals surface area contributed by atoms with Gasteiger partial charge >= 0.3 is 0 Å². The van der Waals surface area contributed by atoms with Gasteiger partial charge in [0.2, 0.25) is 11.7 Å². The number of non-ortho nitro benzene ring substituents is 1. The quantitative estimate of drug-likeness (QED) is 0.153. The second kappa shape index (κ2) is 12.8. The van der Waals surface area contributed by atoms with Gasteiger partial charge in [-0.05, 0) is 59.2 Å². The van der Waals surface area contributed by atoms with Gasteiger partial charge in [0.05, 0.1) is 46.2 Å². The molecule has 0 aromatic heterocycles. The number of benzene rings is 3.